The van der Waals surface area contributed by atoms with Crippen LogP contribution in [0.2, 0.25) is 0 Å². The van der Waals surface area contributed by atoms with Crippen LogP contribution in [0, 0.1) is 0 Å². The SMILES string of the molecule is CCCCCCCCCCCCCCCCCCNC(=O)OC(C)C. The first kappa shape index (κ1) is 24.3. The monoisotopic (exact) mass is 355 g/mol. The molecule has 0 bridgehead atoms. The molecule has 0 saturated heterocycles. The molecule has 150 valence electrons. The number of unbranched alkanes of at least 4 members (excludes halogenated alkanes) is 15. The largest absolute Gasteiger partial charge is 0.447 e. The van der Waals surface area contributed by atoms with Crippen molar-refractivity contribution in [3.63, 3.8) is 0 Å². The molecule has 0 spiro atoms. The first-order valence-electron chi connectivity index (χ1n) is 11.1. The number of nitrogens with one attached hydrogen (secondary N) is 1. The lowest BCUT2D eigenvalue weighted by Gasteiger charge is -2.09. The lowest BCUT2D eigenvalue weighted by atomic mass is 10.0. The molecule has 0 aromatic carbocycles. The maximum atomic E-state index is 11.3. The Kier molecular flexibility index (Phi) is 19.0. The molecule has 3 heteroatoms. The summed E-state index contributed by atoms with van der Waals surface area (Å²) in [6.45, 7) is 6.76. The predicted octanol–water partition coefficient (Wildman–Crippen LogP) is 7.38. The van der Waals surface area contributed by atoms with Crippen LogP contribution in [0.5, 0.6) is 0 Å². The summed E-state index contributed by atoms with van der Waals surface area (Å²) in [6.07, 6.45) is 21.6. The molecule has 0 heterocycles. The Morgan fingerprint density at radius 1 is 0.680 bits per heavy atom. The highest BCUT2D eigenvalue weighted by atomic mass is 16.6. The lowest BCUT2D eigenvalue weighted by Crippen LogP contribution is -2.27. The van der Waals surface area contributed by atoms with Gasteiger partial charge in [0.25, 0.3) is 0 Å². The Bertz CT molecular complexity index is 279. The van der Waals surface area contributed by atoms with Crippen LogP contribution in [0.3, 0.4) is 0 Å². The summed E-state index contributed by atoms with van der Waals surface area (Å²) in [6, 6.07) is 0. The zero-order valence-electron chi connectivity index (χ0n) is 17.4. The standard InChI is InChI=1S/C22H45NO2/c1-4-5-6-7-8-9-10-11-12-13-14-15-16-17-18-19-20-23-22(24)25-21(2)3/h21H,4-20H2,1-3H3,(H,23,24). The molecule has 0 aromatic heterocycles. The number of ether oxygens (including phenoxy) is 1. The zero-order chi connectivity index (χ0) is 18.6. The maximum absolute atomic E-state index is 11.3. The topological polar surface area (TPSA) is 38.3 Å². The van der Waals surface area contributed by atoms with E-state index in [4.69, 9.17) is 4.74 Å². The smallest absolute Gasteiger partial charge is 0.407 e. The zero-order valence-corrected chi connectivity index (χ0v) is 17.4. The van der Waals surface area contributed by atoms with E-state index in [0.717, 1.165) is 13.0 Å². The van der Waals surface area contributed by atoms with Crippen molar-refractivity contribution in [2.24, 2.45) is 0 Å². The third kappa shape index (κ3) is 21.2. The van der Waals surface area contributed by atoms with Gasteiger partial charge in [0.1, 0.15) is 0 Å². The van der Waals surface area contributed by atoms with Crippen molar-refractivity contribution in [3.05, 3.63) is 0 Å². The highest BCUT2D eigenvalue weighted by Crippen LogP contribution is 2.13. The van der Waals surface area contributed by atoms with Crippen molar-refractivity contribution in [1.29, 1.82) is 0 Å². The van der Waals surface area contributed by atoms with E-state index in [1.165, 1.54) is 96.3 Å². The summed E-state index contributed by atoms with van der Waals surface area (Å²) >= 11 is 0. The van der Waals surface area contributed by atoms with Gasteiger partial charge >= 0.3 is 6.09 Å². The van der Waals surface area contributed by atoms with Crippen LogP contribution in [0.1, 0.15) is 124 Å². The van der Waals surface area contributed by atoms with Gasteiger partial charge in [-0.2, -0.15) is 0 Å². The number of rotatable bonds is 18. The lowest BCUT2D eigenvalue weighted by molar-refractivity contribution is 0.115. The minimum absolute atomic E-state index is 0.0363. The summed E-state index contributed by atoms with van der Waals surface area (Å²) in [5.41, 5.74) is 0. The number of alkyl carbamates (subject to hydrolysis) is 1. The number of carbonyl (C=O) groups excluding carboxylic acids is 1. The first-order valence-corrected chi connectivity index (χ1v) is 11.1. The molecule has 0 rings (SSSR count). The van der Waals surface area contributed by atoms with Gasteiger partial charge in [-0.05, 0) is 20.3 Å². The normalized spacial score (nSPS) is 11.0. The van der Waals surface area contributed by atoms with Crippen molar-refractivity contribution in [2.45, 2.75) is 130 Å². The molecule has 0 aliphatic heterocycles. The van der Waals surface area contributed by atoms with Crippen LogP contribution >= 0.6 is 0 Å². The number of hydrogen-bond acceptors (Lipinski definition) is 2. The molecule has 3 nitrogen and oxygen atoms in total. The molecule has 1 amide bonds. The summed E-state index contributed by atoms with van der Waals surface area (Å²) in [7, 11) is 0. The Labute approximate surface area is 157 Å². The van der Waals surface area contributed by atoms with E-state index in [0.29, 0.717) is 0 Å². The third-order valence-electron chi connectivity index (χ3n) is 4.64. The van der Waals surface area contributed by atoms with Crippen molar-refractivity contribution >= 4 is 6.09 Å². The van der Waals surface area contributed by atoms with Crippen molar-refractivity contribution in [3.8, 4) is 0 Å². The molecule has 25 heavy (non-hydrogen) atoms. The van der Waals surface area contributed by atoms with Crippen LogP contribution in [0.4, 0.5) is 4.79 Å². The second kappa shape index (κ2) is 19.6. The number of amides is 1. The van der Waals surface area contributed by atoms with E-state index in [-0.39, 0.29) is 12.2 Å². The minimum Gasteiger partial charge on any atom is -0.447 e. The third-order valence-corrected chi connectivity index (χ3v) is 4.64. The fourth-order valence-electron chi connectivity index (χ4n) is 3.12. The molecule has 0 saturated carbocycles. The van der Waals surface area contributed by atoms with Gasteiger partial charge in [-0.15, -0.1) is 0 Å². The van der Waals surface area contributed by atoms with Crippen LogP contribution in [-0.2, 0) is 4.74 Å². The van der Waals surface area contributed by atoms with Gasteiger partial charge < -0.3 is 10.1 Å². The summed E-state index contributed by atoms with van der Waals surface area (Å²) in [5, 5.41) is 2.80. The van der Waals surface area contributed by atoms with E-state index < -0.39 is 0 Å². The molecule has 0 unspecified atom stereocenters. The Balaban J connectivity index is 3.06. The average molecular weight is 356 g/mol. The van der Waals surface area contributed by atoms with Gasteiger partial charge in [0, 0.05) is 6.54 Å². The molecule has 0 atom stereocenters. The second-order valence-electron chi connectivity index (χ2n) is 7.68. The first-order chi connectivity index (χ1) is 12.2. The predicted molar refractivity (Wildman–Crippen MR) is 109 cm³/mol. The van der Waals surface area contributed by atoms with E-state index in [1.54, 1.807) is 0 Å². The van der Waals surface area contributed by atoms with Crippen LogP contribution in [-0.4, -0.2) is 18.7 Å². The molecular weight excluding hydrogens is 310 g/mol. The molecule has 0 aliphatic carbocycles. The molecule has 0 radical (unpaired) electrons. The second-order valence-corrected chi connectivity index (χ2v) is 7.68. The van der Waals surface area contributed by atoms with Gasteiger partial charge in [0.05, 0.1) is 6.10 Å². The van der Waals surface area contributed by atoms with Crippen molar-refractivity contribution in [2.75, 3.05) is 6.54 Å². The van der Waals surface area contributed by atoms with E-state index in [2.05, 4.69) is 12.2 Å². The number of hydrogen-bond donors (Lipinski definition) is 1. The quantitative estimate of drug-likeness (QED) is 0.260. The van der Waals surface area contributed by atoms with E-state index >= 15 is 0 Å². The van der Waals surface area contributed by atoms with Crippen LogP contribution in [0.25, 0.3) is 0 Å². The van der Waals surface area contributed by atoms with Gasteiger partial charge in [0.15, 0.2) is 0 Å². The highest BCUT2D eigenvalue weighted by molar-refractivity contribution is 5.67. The van der Waals surface area contributed by atoms with Crippen LogP contribution in [0.15, 0.2) is 0 Å². The minimum atomic E-state index is -0.282. The molecule has 0 fully saturated rings. The van der Waals surface area contributed by atoms with Crippen molar-refractivity contribution < 1.29 is 9.53 Å². The van der Waals surface area contributed by atoms with Gasteiger partial charge in [-0.3, -0.25) is 0 Å². The van der Waals surface area contributed by atoms with Gasteiger partial charge in [-0.1, -0.05) is 103 Å². The molecule has 1 N–H and O–H groups in total. The fraction of sp³-hybridized carbons (Fsp3) is 0.955. The Hall–Kier alpha value is -0.730. The Morgan fingerprint density at radius 3 is 1.40 bits per heavy atom. The highest BCUT2D eigenvalue weighted by Gasteiger charge is 2.02. The summed E-state index contributed by atoms with van der Waals surface area (Å²) in [5.74, 6) is 0. The maximum Gasteiger partial charge on any atom is 0.407 e. The van der Waals surface area contributed by atoms with Crippen LogP contribution < -0.4 is 5.32 Å². The summed E-state index contributed by atoms with van der Waals surface area (Å²) < 4.78 is 5.03. The Morgan fingerprint density at radius 2 is 1.04 bits per heavy atom. The molecule has 0 aliphatic rings. The van der Waals surface area contributed by atoms with E-state index in [9.17, 15) is 4.79 Å². The van der Waals surface area contributed by atoms with Gasteiger partial charge in [-0.25, -0.2) is 4.79 Å². The molecule has 0 aromatic rings. The van der Waals surface area contributed by atoms with Gasteiger partial charge in [0.2, 0.25) is 0 Å². The van der Waals surface area contributed by atoms with Crippen molar-refractivity contribution in [1.82, 2.24) is 5.32 Å². The van der Waals surface area contributed by atoms with E-state index in [1.807, 2.05) is 13.8 Å². The summed E-state index contributed by atoms with van der Waals surface area (Å²) in [4.78, 5) is 11.3. The fourth-order valence-corrected chi connectivity index (χ4v) is 3.12. The number of carbonyl (C=O) groups is 1. The molecular formula is C22H45NO2. The average Bonchev–Trinajstić information content (AvgIpc) is 2.57.